The number of likely N-dealkylation sites (N-methyl/N-ethyl adjacent to an activating group) is 1. The lowest BCUT2D eigenvalue weighted by Crippen LogP contribution is -2.45. The Labute approximate surface area is 243 Å². The molecule has 2 heterocycles. The molecular weight excluding hydrogens is 601 g/mol. The maximum atomic E-state index is 13.2. The molecule has 1 fully saturated rings. The molecular formula is C25H25F3N6O6S2. The molecule has 1 atom stereocenters. The Morgan fingerprint density at radius 2 is 1.83 bits per heavy atom. The van der Waals surface area contributed by atoms with Gasteiger partial charge in [-0.05, 0) is 62.5 Å². The lowest BCUT2D eigenvalue weighted by Gasteiger charge is -2.22. The number of thiocarbonyl (C=S) groups is 1. The molecule has 224 valence electrons. The molecule has 0 spiro atoms. The highest BCUT2D eigenvalue weighted by Gasteiger charge is 2.44. The van der Waals surface area contributed by atoms with Gasteiger partial charge < -0.3 is 19.5 Å². The summed E-state index contributed by atoms with van der Waals surface area (Å²) in [7, 11) is -2.69. The van der Waals surface area contributed by atoms with Gasteiger partial charge in [-0.1, -0.05) is 17.7 Å². The van der Waals surface area contributed by atoms with E-state index in [1.54, 1.807) is 19.1 Å². The molecule has 1 aromatic heterocycles. The van der Waals surface area contributed by atoms with Gasteiger partial charge >= 0.3 is 6.36 Å². The van der Waals surface area contributed by atoms with Crippen LogP contribution in [0.4, 0.5) is 18.9 Å². The first-order chi connectivity index (χ1) is 19.7. The summed E-state index contributed by atoms with van der Waals surface area (Å²) in [5.41, 5.74) is 0.877. The van der Waals surface area contributed by atoms with Crippen molar-refractivity contribution in [3.63, 3.8) is 0 Å². The Bertz CT molecular complexity index is 1670. The fraction of sp³-hybridized carbons (Fsp3) is 0.320. The molecule has 0 aliphatic carbocycles. The van der Waals surface area contributed by atoms with Gasteiger partial charge in [0.2, 0.25) is 5.91 Å². The third-order valence-electron chi connectivity index (χ3n) is 6.20. The number of hydrogen-bond donors (Lipinski definition) is 1. The third-order valence-corrected chi connectivity index (χ3v) is 7.93. The smallest absolute Gasteiger partial charge is 0.486 e. The maximum absolute atomic E-state index is 13.2. The van der Waals surface area contributed by atoms with Crippen LogP contribution in [-0.4, -0.2) is 54.1 Å². The van der Waals surface area contributed by atoms with Crippen molar-refractivity contribution in [1.29, 1.82) is 0 Å². The van der Waals surface area contributed by atoms with Crippen molar-refractivity contribution in [2.75, 3.05) is 11.9 Å². The molecule has 1 unspecified atom stereocenters. The number of alkyl halides is 3. The lowest BCUT2D eigenvalue weighted by atomic mass is 10.1. The molecule has 1 N–H and O–H groups in total. The molecule has 0 bridgehead atoms. The van der Waals surface area contributed by atoms with Crippen LogP contribution >= 0.6 is 12.2 Å². The minimum absolute atomic E-state index is 0.0605. The van der Waals surface area contributed by atoms with Crippen molar-refractivity contribution in [2.24, 2.45) is 11.4 Å². The highest BCUT2D eigenvalue weighted by atomic mass is 32.2. The number of benzene rings is 2. The second-order valence-electron chi connectivity index (χ2n) is 9.16. The molecule has 3 aromatic rings. The maximum Gasteiger partial charge on any atom is 0.573 e. The van der Waals surface area contributed by atoms with Gasteiger partial charge in [-0.2, -0.15) is 8.42 Å². The van der Waals surface area contributed by atoms with Gasteiger partial charge in [0.1, 0.15) is 25.4 Å². The summed E-state index contributed by atoms with van der Waals surface area (Å²) < 4.78 is 77.1. The Kier molecular flexibility index (Phi) is 8.72. The van der Waals surface area contributed by atoms with Crippen LogP contribution in [0.3, 0.4) is 0 Å². The zero-order valence-electron chi connectivity index (χ0n) is 22.5. The average molecular weight is 627 g/mol. The van der Waals surface area contributed by atoms with Gasteiger partial charge in [-0.15, -0.1) is 17.6 Å². The first-order valence-electron chi connectivity index (χ1n) is 12.4. The fourth-order valence-electron chi connectivity index (χ4n) is 4.10. The molecule has 42 heavy (non-hydrogen) atoms. The second kappa shape index (κ2) is 11.9. The molecule has 4 rings (SSSR count). The minimum Gasteiger partial charge on any atom is -0.486 e. The zero-order chi connectivity index (χ0) is 30.8. The number of nitrogens with zero attached hydrogens (tertiary/aromatic N) is 5. The Morgan fingerprint density at radius 3 is 2.43 bits per heavy atom. The predicted molar refractivity (Wildman–Crippen MR) is 143 cm³/mol. The minimum atomic E-state index is -4.86. The summed E-state index contributed by atoms with van der Waals surface area (Å²) in [6, 6.07) is 9.48. The van der Waals surface area contributed by atoms with E-state index in [-0.39, 0.29) is 46.5 Å². The molecule has 17 heteroatoms. The number of halogens is 3. The van der Waals surface area contributed by atoms with Crippen molar-refractivity contribution in [3.8, 4) is 5.75 Å². The molecule has 1 saturated heterocycles. The van der Waals surface area contributed by atoms with Crippen molar-refractivity contribution in [1.82, 2.24) is 15.1 Å². The summed E-state index contributed by atoms with van der Waals surface area (Å²) in [5.74, 6) is -1.55. The monoisotopic (exact) mass is 626 g/mol. The van der Waals surface area contributed by atoms with Crippen LogP contribution in [0.5, 0.6) is 5.75 Å². The van der Waals surface area contributed by atoms with E-state index in [1.807, 2.05) is 6.92 Å². The highest BCUT2D eigenvalue weighted by molar-refractivity contribution is 7.90. The quantitative estimate of drug-likeness (QED) is 0.279. The number of anilines is 1. The first-order valence-corrected chi connectivity index (χ1v) is 14.2. The average Bonchev–Trinajstić information content (AvgIpc) is 3.35. The number of amides is 2. The number of hydrogen-bond acceptors (Lipinski definition) is 7. The molecule has 2 amide bonds. The van der Waals surface area contributed by atoms with Gasteiger partial charge in [-0.3, -0.25) is 19.8 Å². The largest absolute Gasteiger partial charge is 0.573 e. The topological polar surface area (TPSA) is 140 Å². The number of carbonyl (C=O) groups excluding carboxylic acids is 2. The highest BCUT2D eigenvalue weighted by Crippen LogP contribution is 2.25. The van der Waals surface area contributed by atoms with Crippen LogP contribution in [0.2, 0.25) is 0 Å². The van der Waals surface area contributed by atoms with Gasteiger partial charge in [0.25, 0.3) is 27.2 Å². The molecule has 12 nitrogen and oxygen atoms in total. The summed E-state index contributed by atoms with van der Waals surface area (Å²) in [6.45, 7) is 3.54. The standard InChI is InChI=1S/C25H25F3N6O6S2/c1-4-33-23(36)19(13-21(35)29-16-7-9-17(10-8-16)39-25(26,27)28)34(24(33)41)14-20-22(40-31-32(20)3)30-42(37,38)18-11-5-15(2)6-12-18/h5-12,19H,4,13-14H2,1-3H3,(H,29,35)/b30-22-. The molecule has 2 aromatic carbocycles. The molecule has 0 radical (unpaired) electrons. The van der Waals surface area contributed by atoms with E-state index in [2.05, 4.69) is 19.7 Å². The van der Waals surface area contributed by atoms with E-state index in [1.165, 1.54) is 45.8 Å². The summed E-state index contributed by atoms with van der Waals surface area (Å²) >= 11 is 5.50. The van der Waals surface area contributed by atoms with E-state index in [4.69, 9.17) is 16.7 Å². The number of sulfonamides is 1. The van der Waals surface area contributed by atoms with E-state index in [0.29, 0.717) is 0 Å². The Morgan fingerprint density at radius 1 is 1.19 bits per heavy atom. The molecule has 0 saturated carbocycles. The second-order valence-corrected chi connectivity index (χ2v) is 11.1. The Hall–Kier alpha value is -4.25. The predicted octanol–water partition coefficient (Wildman–Crippen LogP) is 1.90. The number of ether oxygens (including phenoxy) is 1. The summed E-state index contributed by atoms with van der Waals surface area (Å²) in [6.07, 6.45) is -5.24. The van der Waals surface area contributed by atoms with E-state index in [9.17, 15) is 31.2 Å². The van der Waals surface area contributed by atoms with Gasteiger partial charge in [-0.25, -0.2) is 4.68 Å². The van der Waals surface area contributed by atoms with Gasteiger partial charge in [0, 0.05) is 12.2 Å². The van der Waals surface area contributed by atoms with Crippen molar-refractivity contribution in [3.05, 3.63) is 65.3 Å². The van der Waals surface area contributed by atoms with Crippen LogP contribution in [0.25, 0.3) is 0 Å². The van der Waals surface area contributed by atoms with E-state index >= 15 is 0 Å². The summed E-state index contributed by atoms with van der Waals surface area (Å²) in [5, 5.41) is 6.39. The number of rotatable bonds is 9. The fourth-order valence-corrected chi connectivity index (χ4v) is 5.46. The van der Waals surface area contributed by atoms with Crippen molar-refractivity contribution in [2.45, 2.75) is 44.1 Å². The van der Waals surface area contributed by atoms with Gasteiger partial charge in [0.05, 0.1) is 11.3 Å². The zero-order valence-corrected chi connectivity index (χ0v) is 24.1. The summed E-state index contributed by atoms with van der Waals surface area (Å²) in [4.78, 5) is 28.7. The number of nitrogens with one attached hydrogen (secondary N) is 1. The number of aryl methyl sites for hydroxylation is 2. The molecule has 1 aliphatic rings. The SMILES string of the molecule is CCN1C(=O)C(CC(=O)Nc2ccc(OC(F)(F)F)cc2)N(Cc2/c(=N/S(=O)(=O)c3ccc(C)cc3)o[n-][n+]2C)C1=S. The van der Waals surface area contributed by atoms with E-state index in [0.717, 1.165) is 17.7 Å². The van der Waals surface area contributed by atoms with Crippen LogP contribution in [-0.2, 0) is 33.2 Å². The van der Waals surface area contributed by atoms with Crippen LogP contribution < -0.4 is 25.6 Å². The van der Waals surface area contributed by atoms with Crippen molar-refractivity contribution < 1.29 is 45.1 Å². The number of aromatic nitrogens is 2. The van der Waals surface area contributed by atoms with Crippen LogP contribution in [0.15, 0.2) is 62.3 Å². The van der Waals surface area contributed by atoms with Crippen molar-refractivity contribution >= 4 is 44.9 Å². The van der Waals surface area contributed by atoms with E-state index < -0.39 is 40.0 Å². The third kappa shape index (κ3) is 6.96. The lowest BCUT2D eigenvalue weighted by molar-refractivity contribution is -0.752. The Balaban J connectivity index is 1.57. The first kappa shape index (κ1) is 30.7. The molecule has 1 aliphatic heterocycles. The van der Waals surface area contributed by atoms with Crippen LogP contribution in [0.1, 0.15) is 24.6 Å². The van der Waals surface area contributed by atoms with Gasteiger partial charge in [0.15, 0.2) is 5.11 Å². The van der Waals surface area contributed by atoms with Crippen LogP contribution in [0, 0.1) is 6.92 Å². The normalized spacial score (nSPS) is 16.3. The number of carbonyl (C=O) groups is 2.